The van der Waals surface area contributed by atoms with Crippen molar-refractivity contribution in [2.45, 2.75) is 37.0 Å². The number of hydrogen-bond donors (Lipinski definition) is 0. The summed E-state index contributed by atoms with van der Waals surface area (Å²) in [6.45, 7) is -0.648. The van der Waals surface area contributed by atoms with Gasteiger partial charge in [0.15, 0.2) is 0 Å². The summed E-state index contributed by atoms with van der Waals surface area (Å²) >= 11 is 0. The Bertz CT molecular complexity index is 478. The summed E-state index contributed by atoms with van der Waals surface area (Å²) in [7, 11) is 0. The first-order valence-corrected chi connectivity index (χ1v) is 4.80. The molecule has 1 aliphatic rings. The van der Waals surface area contributed by atoms with Crippen molar-refractivity contribution in [3.05, 3.63) is 12.0 Å². The third-order valence-corrected chi connectivity index (χ3v) is 2.12. The molecule has 1 fully saturated rings. The molecule has 14 heteroatoms. The molecule has 0 aromatic heterocycles. The molecule has 0 bridgehead atoms. The van der Waals surface area contributed by atoms with Crippen LogP contribution in [0.5, 0.6) is 0 Å². The fourth-order valence-corrected chi connectivity index (χ4v) is 1.01. The van der Waals surface area contributed by atoms with Gasteiger partial charge in [-0.2, -0.15) is 48.3 Å². The number of alkyl halides is 9. The van der Waals surface area contributed by atoms with Gasteiger partial charge in [0, 0.05) is 6.92 Å². The van der Waals surface area contributed by atoms with E-state index in [1.54, 1.807) is 0 Å². The van der Waals surface area contributed by atoms with Crippen LogP contribution in [-0.2, 0) is 14.2 Å². The molecular formula is C8H3F11O3. The highest BCUT2D eigenvalue weighted by Gasteiger charge is 2.83. The van der Waals surface area contributed by atoms with Crippen molar-refractivity contribution in [2.24, 2.45) is 0 Å². The number of rotatable bonds is 4. The molecule has 0 radical (unpaired) electrons. The van der Waals surface area contributed by atoms with Crippen LogP contribution in [0.4, 0.5) is 48.3 Å². The van der Waals surface area contributed by atoms with Gasteiger partial charge in [0.1, 0.15) is 0 Å². The molecular weight excluding hydrogens is 353 g/mol. The van der Waals surface area contributed by atoms with Crippen LogP contribution in [-0.4, -0.2) is 30.1 Å². The summed E-state index contributed by atoms with van der Waals surface area (Å²) in [4.78, 5) is 0. The van der Waals surface area contributed by atoms with Gasteiger partial charge in [0.25, 0.3) is 0 Å². The van der Waals surface area contributed by atoms with Crippen LogP contribution in [0.25, 0.3) is 0 Å². The van der Waals surface area contributed by atoms with E-state index in [0.717, 1.165) is 0 Å². The van der Waals surface area contributed by atoms with Gasteiger partial charge in [-0.1, -0.05) is 0 Å². The van der Waals surface area contributed by atoms with E-state index in [-0.39, 0.29) is 0 Å². The van der Waals surface area contributed by atoms with E-state index in [4.69, 9.17) is 0 Å². The Morgan fingerprint density at radius 2 is 1.41 bits per heavy atom. The predicted octanol–water partition coefficient (Wildman–Crippen LogP) is 4.21. The van der Waals surface area contributed by atoms with Crippen molar-refractivity contribution in [3.8, 4) is 0 Å². The summed E-state index contributed by atoms with van der Waals surface area (Å²) in [5, 5.41) is 0. The molecule has 0 aromatic carbocycles. The van der Waals surface area contributed by atoms with Crippen LogP contribution < -0.4 is 0 Å². The van der Waals surface area contributed by atoms with E-state index < -0.39 is 49.1 Å². The standard InChI is InChI=1S/C8H3F11O3/c1-4(11,12)6(14,15)22-8(18,19)5(13)7(16,17)21-3(20-5)2(9)10/h1H3. The van der Waals surface area contributed by atoms with E-state index in [9.17, 15) is 48.3 Å². The maximum atomic E-state index is 13.5. The van der Waals surface area contributed by atoms with Crippen molar-refractivity contribution in [1.29, 1.82) is 0 Å². The van der Waals surface area contributed by atoms with Gasteiger partial charge in [-0.25, -0.2) is 4.74 Å². The Balaban J connectivity index is 3.24. The third kappa shape index (κ3) is 2.75. The molecule has 0 amide bonds. The molecule has 1 rings (SSSR count). The van der Waals surface area contributed by atoms with E-state index in [2.05, 4.69) is 14.2 Å². The lowest BCUT2D eigenvalue weighted by Gasteiger charge is -2.33. The number of hydrogen-bond acceptors (Lipinski definition) is 3. The molecule has 0 aromatic rings. The van der Waals surface area contributed by atoms with Gasteiger partial charge in [0.05, 0.1) is 0 Å². The first-order valence-electron chi connectivity index (χ1n) is 4.80. The van der Waals surface area contributed by atoms with Crippen molar-refractivity contribution in [1.82, 2.24) is 0 Å². The molecule has 130 valence electrons. The molecule has 0 spiro atoms. The second-order valence-corrected chi connectivity index (χ2v) is 3.89. The van der Waals surface area contributed by atoms with Crippen LogP contribution in [0.15, 0.2) is 12.0 Å². The Morgan fingerprint density at radius 3 is 1.73 bits per heavy atom. The van der Waals surface area contributed by atoms with E-state index in [0.29, 0.717) is 0 Å². The van der Waals surface area contributed by atoms with Crippen LogP contribution in [0, 0.1) is 0 Å². The molecule has 3 nitrogen and oxygen atoms in total. The minimum absolute atomic E-state index is 0.648. The van der Waals surface area contributed by atoms with Crippen molar-refractivity contribution >= 4 is 0 Å². The van der Waals surface area contributed by atoms with Crippen molar-refractivity contribution in [2.75, 3.05) is 0 Å². The molecule has 1 heterocycles. The summed E-state index contributed by atoms with van der Waals surface area (Å²) in [5.41, 5.74) is 0. The highest BCUT2D eigenvalue weighted by atomic mass is 19.3. The largest absolute Gasteiger partial charge is 0.483 e. The quantitative estimate of drug-likeness (QED) is 0.707. The van der Waals surface area contributed by atoms with E-state index in [1.807, 2.05) is 0 Å². The first-order chi connectivity index (χ1) is 9.47. The van der Waals surface area contributed by atoms with Gasteiger partial charge < -0.3 is 9.47 Å². The zero-order valence-corrected chi connectivity index (χ0v) is 9.88. The molecule has 1 unspecified atom stereocenters. The van der Waals surface area contributed by atoms with Gasteiger partial charge in [0.2, 0.25) is 0 Å². The molecule has 1 saturated heterocycles. The third-order valence-electron chi connectivity index (χ3n) is 2.12. The minimum Gasteiger partial charge on any atom is -0.408 e. The zero-order chi connectivity index (χ0) is 17.8. The Morgan fingerprint density at radius 1 is 0.955 bits per heavy atom. The summed E-state index contributed by atoms with van der Waals surface area (Å²) in [6, 6.07) is 0. The molecule has 22 heavy (non-hydrogen) atoms. The lowest BCUT2D eigenvalue weighted by atomic mass is 10.2. The van der Waals surface area contributed by atoms with Gasteiger partial charge in [-0.3, -0.25) is 0 Å². The topological polar surface area (TPSA) is 27.7 Å². The van der Waals surface area contributed by atoms with Gasteiger partial charge >= 0.3 is 42.1 Å². The maximum absolute atomic E-state index is 13.5. The molecule has 0 saturated carbocycles. The van der Waals surface area contributed by atoms with Crippen LogP contribution in [0.2, 0.25) is 0 Å². The lowest BCUT2D eigenvalue weighted by molar-refractivity contribution is -0.496. The minimum atomic E-state index is -6.50. The monoisotopic (exact) mass is 356 g/mol. The summed E-state index contributed by atoms with van der Waals surface area (Å²) in [6.07, 6.45) is -21.9. The Kier molecular flexibility index (Phi) is 4.02. The average Bonchev–Trinajstić information content (AvgIpc) is 2.48. The molecule has 1 aliphatic heterocycles. The highest BCUT2D eigenvalue weighted by Crippen LogP contribution is 2.55. The van der Waals surface area contributed by atoms with Gasteiger partial charge in [-0.05, 0) is 0 Å². The molecule has 0 aliphatic carbocycles. The zero-order valence-electron chi connectivity index (χ0n) is 9.88. The van der Waals surface area contributed by atoms with Crippen LogP contribution in [0.1, 0.15) is 6.92 Å². The van der Waals surface area contributed by atoms with E-state index in [1.165, 1.54) is 0 Å². The van der Waals surface area contributed by atoms with Crippen LogP contribution >= 0.6 is 0 Å². The summed E-state index contributed by atoms with van der Waals surface area (Å²) in [5.74, 6) is -14.2. The van der Waals surface area contributed by atoms with Gasteiger partial charge in [-0.15, -0.1) is 0 Å². The average molecular weight is 356 g/mol. The fourth-order valence-electron chi connectivity index (χ4n) is 1.01. The normalized spacial score (nSPS) is 25.7. The number of halogens is 11. The first kappa shape index (κ1) is 18.6. The predicted molar refractivity (Wildman–Crippen MR) is 41.8 cm³/mol. The van der Waals surface area contributed by atoms with Crippen molar-refractivity contribution < 1.29 is 62.5 Å². The van der Waals surface area contributed by atoms with Crippen molar-refractivity contribution in [3.63, 3.8) is 0 Å². The Labute approximate surface area is 113 Å². The highest BCUT2D eigenvalue weighted by molar-refractivity contribution is 5.02. The lowest BCUT2D eigenvalue weighted by Crippen LogP contribution is -2.60. The van der Waals surface area contributed by atoms with Crippen LogP contribution in [0.3, 0.4) is 0 Å². The fraction of sp³-hybridized carbons (Fsp3) is 0.750. The second-order valence-electron chi connectivity index (χ2n) is 3.89. The maximum Gasteiger partial charge on any atom is 0.483 e. The Hall–Kier alpha value is -1.47. The number of ether oxygens (including phenoxy) is 3. The van der Waals surface area contributed by atoms with E-state index >= 15 is 0 Å². The smallest absolute Gasteiger partial charge is 0.408 e. The second kappa shape index (κ2) is 4.76. The SMILES string of the molecule is CC(F)(F)C(F)(F)OC(F)(F)C1(F)OC(=C(F)F)OC1(F)F. The molecule has 1 atom stereocenters. The molecule has 0 N–H and O–H groups in total. The summed E-state index contributed by atoms with van der Waals surface area (Å²) < 4.78 is 147.